The van der Waals surface area contributed by atoms with Crippen molar-refractivity contribution >= 4 is 5.91 Å². The van der Waals surface area contributed by atoms with E-state index >= 15 is 0 Å². The number of aromatic nitrogens is 2. The Kier molecular flexibility index (Phi) is 3.23. The zero-order chi connectivity index (χ0) is 12.3. The van der Waals surface area contributed by atoms with E-state index in [1.165, 1.54) is 0 Å². The van der Waals surface area contributed by atoms with Gasteiger partial charge >= 0.3 is 0 Å². The maximum atomic E-state index is 11.9. The van der Waals surface area contributed by atoms with Crippen LogP contribution in [0.4, 0.5) is 0 Å². The fourth-order valence-electron chi connectivity index (χ4n) is 1.64. The van der Waals surface area contributed by atoms with Crippen LogP contribution in [0.5, 0.6) is 0 Å². The van der Waals surface area contributed by atoms with E-state index in [-0.39, 0.29) is 11.9 Å². The summed E-state index contributed by atoms with van der Waals surface area (Å²) < 4.78 is 0. The number of hydrogen-bond donors (Lipinski definition) is 2. The molecule has 2 N–H and O–H groups in total. The van der Waals surface area contributed by atoms with Crippen molar-refractivity contribution in [2.24, 2.45) is 0 Å². The second-order valence-corrected chi connectivity index (χ2v) is 3.99. The van der Waals surface area contributed by atoms with Crippen molar-refractivity contribution in [3.63, 3.8) is 0 Å². The molecule has 0 saturated carbocycles. The van der Waals surface area contributed by atoms with Gasteiger partial charge in [0.1, 0.15) is 11.5 Å². The number of H-pyrrole nitrogens is 1. The van der Waals surface area contributed by atoms with E-state index in [9.17, 15) is 4.79 Å². The van der Waals surface area contributed by atoms with E-state index in [0.29, 0.717) is 5.69 Å². The van der Waals surface area contributed by atoms with Gasteiger partial charge in [-0.1, -0.05) is 30.3 Å². The summed E-state index contributed by atoms with van der Waals surface area (Å²) in [6.45, 7) is 3.77. The van der Waals surface area contributed by atoms with Crippen LogP contribution in [0.1, 0.15) is 34.8 Å². The van der Waals surface area contributed by atoms with Crippen molar-refractivity contribution in [2.75, 3.05) is 0 Å². The Morgan fingerprint density at radius 2 is 2.06 bits per heavy atom. The number of carbonyl (C=O) groups is 1. The molecule has 0 bridgehead atoms. The van der Waals surface area contributed by atoms with Crippen LogP contribution in [-0.4, -0.2) is 15.9 Å². The Morgan fingerprint density at radius 3 is 2.65 bits per heavy atom. The molecule has 1 aromatic heterocycles. The quantitative estimate of drug-likeness (QED) is 0.847. The zero-order valence-corrected chi connectivity index (χ0v) is 9.90. The molecule has 0 aliphatic heterocycles. The highest BCUT2D eigenvalue weighted by molar-refractivity contribution is 5.92. The summed E-state index contributed by atoms with van der Waals surface area (Å²) in [5, 5.41) is 2.92. The van der Waals surface area contributed by atoms with Gasteiger partial charge in [0, 0.05) is 0 Å². The third-order valence-corrected chi connectivity index (χ3v) is 2.59. The smallest absolute Gasteiger partial charge is 0.269 e. The normalized spacial score (nSPS) is 12.1. The number of carbonyl (C=O) groups excluding carboxylic acids is 1. The molecule has 4 heteroatoms. The minimum absolute atomic E-state index is 0.0210. The predicted octanol–water partition coefficient (Wildman–Crippen LogP) is 2.21. The van der Waals surface area contributed by atoms with Crippen LogP contribution in [0.3, 0.4) is 0 Å². The second-order valence-electron chi connectivity index (χ2n) is 3.99. The molecule has 4 nitrogen and oxygen atoms in total. The third-order valence-electron chi connectivity index (χ3n) is 2.59. The van der Waals surface area contributed by atoms with Crippen LogP contribution < -0.4 is 5.32 Å². The first-order valence-corrected chi connectivity index (χ1v) is 5.54. The standard InChI is InChI=1S/C13H15N3O/c1-9(11-6-4-3-5-7-11)15-13(17)12-8-14-10(2)16-12/h3-9H,1-2H3,(H,14,16)(H,15,17). The number of hydrogen-bond acceptors (Lipinski definition) is 2. The van der Waals surface area contributed by atoms with Crippen molar-refractivity contribution in [1.29, 1.82) is 0 Å². The summed E-state index contributed by atoms with van der Waals surface area (Å²) in [6.07, 6.45) is 1.54. The molecule has 0 aliphatic rings. The van der Waals surface area contributed by atoms with Gasteiger partial charge in [-0.05, 0) is 19.4 Å². The van der Waals surface area contributed by atoms with Gasteiger partial charge in [-0.25, -0.2) is 4.98 Å². The van der Waals surface area contributed by atoms with E-state index in [0.717, 1.165) is 11.4 Å². The molecule has 0 aliphatic carbocycles. The Hall–Kier alpha value is -2.10. The first-order valence-electron chi connectivity index (χ1n) is 5.54. The van der Waals surface area contributed by atoms with Gasteiger partial charge in [0.15, 0.2) is 0 Å². The average Bonchev–Trinajstić information content (AvgIpc) is 2.77. The molecule has 2 rings (SSSR count). The van der Waals surface area contributed by atoms with Gasteiger partial charge in [0.25, 0.3) is 5.91 Å². The number of rotatable bonds is 3. The van der Waals surface area contributed by atoms with Crippen molar-refractivity contribution < 1.29 is 4.79 Å². The Bertz CT molecular complexity index is 504. The number of aromatic amines is 1. The summed E-state index contributed by atoms with van der Waals surface area (Å²) in [5.41, 5.74) is 1.57. The molecule has 2 aromatic rings. The highest BCUT2D eigenvalue weighted by Gasteiger charge is 2.12. The SMILES string of the molecule is Cc1ncc(C(=O)NC(C)c2ccccc2)[nH]1. The van der Waals surface area contributed by atoms with Crippen molar-refractivity contribution in [1.82, 2.24) is 15.3 Å². The van der Waals surface area contributed by atoms with Crippen molar-refractivity contribution in [3.05, 3.63) is 53.6 Å². The highest BCUT2D eigenvalue weighted by atomic mass is 16.1. The van der Waals surface area contributed by atoms with Gasteiger partial charge in [-0.15, -0.1) is 0 Å². The molecule has 17 heavy (non-hydrogen) atoms. The Balaban J connectivity index is 2.04. The maximum Gasteiger partial charge on any atom is 0.269 e. The highest BCUT2D eigenvalue weighted by Crippen LogP contribution is 2.11. The molecule has 1 aromatic carbocycles. The first-order chi connectivity index (χ1) is 8.16. The fourth-order valence-corrected chi connectivity index (χ4v) is 1.64. The lowest BCUT2D eigenvalue weighted by Crippen LogP contribution is -2.26. The van der Waals surface area contributed by atoms with E-state index in [2.05, 4.69) is 15.3 Å². The molecule has 0 fully saturated rings. The Morgan fingerprint density at radius 1 is 1.35 bits per heavy atom. The molecule has 88 valence electrons. The van der Waals surface area contributed by atoms with Crippen LogP contribution in [0, 0.1) is 6.92 Å². The average molecular weight is 229 g/mol. The maximum absolute atomic E-state index is 11.9. The lowest BCUT2D eigenvalue weighted by molar-refractivity contribution is 0.0935. The van der Waals surface area contributed by atoms with Gasteiger partial charge in [-0.2, -0.15) is 0 Å². The number of aryl methyl sites for hydroxylation is 1. The Labute approximate surface area is 100 Å². The number of amides is 1. The molecule has 1 unspecified atom stereocenters. The monoisotopic (exact) mass is 229 g/mol. The van der Waals surface area contributed by atoms with Gasteiger partial charge in [-0.3, -0.25) is 4.79 Å². The summed E-state index contributed by atoms with van der Waals surface area (Å²) in [4.78, 5) is 18.8. The molecule has 1 heterocycles. The van der Waals surface area contributed by atoms with Gasteiger partial charge < -0.3 is 10.3 Å². The first kappa shape index (κ1) is 11.4. The van der Waals surface area contributed by atoms with E-state index < -0.39 is 0 Å². The number of nitrogens with one attached hydrogen (secondary N) is 2. The minimum atomic E-state index is -0.137. The van der Waals surface area contributed by atoms with Crippen molar-refractivity contribution in [3.8, 4) is 0 Å². The largest absolute Gasteiger partial charge is 0.344 e. The van der Waals surface area contributed by atoms with E-state index in [1.54, 1.807) is 6.20 Å². The summed E-state index contributed by atoms with van der Waals surface area (Å²) in [7, 11) is 0. The third kappa shape index (κ3) is 2.72. The van der Waals surface area contributed by atoms with Crippen LogP contribution in [0.15, 0.2) is 36.5 Å². The summed E-state index contributed by atoms with van der Waals surface area (Å²) in [6, 6.07) is 9.83. The van der Waals surface area contributed by atoms with Crippen LogP contribution in [0.25, 0.3) is 0 Å². The minimum Gasteiger partial charge on any atom is -0.344 e. The van der Waals surface area contributed by atoms with Crippen LogP contribution >= 0.6 is 0 Å². The predicted molar refractivity (Wildman–Crippen MR) is 65.6 cm³/mol. The topological polar surface area (TPSA) is 57.8 Å². The second kappa shape index (κ2) is 4.82. The van der Waals surface area contributed by atoms with Gasteiger partial charge in [0.05, 0.1) is 12.2 Å². The molecule has 1 atom stereocenters. The number of imidazole rings is 1. The van der Waals surface area contributed by atoms with E-state index in [1.807, 2.05) is 44.2 Å². The summed E-state index contributed by atoms with van der Waals surface area (Å²) >= 11 is 0. The summed E-state index contributed by atoms with van der Waals surface area (Å²) in [5.74, 6) is 0.601. The number of nitrogens with zero attached hydrogens (tertiary/aromatic N) is 1. The molecular formula is C13H15N3O. The fraction of sp³-hybridized carbons (Fsp3) is 0.231. The van der Waals surface area contributed by atoms with E-state index in [4.69, 9.17) is 0 Å². The van der Waals surface area contributed by atoms with Gasteiger partial charge in [0.2, 0.25) is 0 Å². The van der Waals surface area contributed by atoms with Crippen LogP contribution in [-0.2, 0) is 0 Å². The van der Waals surface area contributed by atoms with Crippen LogP contribution in [0.2, 0.25) is 0 Å². The molecule has 0 saturated heterocycles. The van der Waals surface area contributed by atoms with Crippen molar-refractivity contribution in [2.45, 2.75) is 19.9 Å². The molecule has 0 radical (unpaired) electrons. The molecule has 0 spiro atoms. The zero-order valence-electron chi connectivity index (χ0n) is 9.90. The molecular weight excluding hydrogens is 214 g/mol. The lowest BCUT2D eigenvalue weighted by Gasteiger charge is -2.13. The number of benzene rings is 1. The lowest BCUT2D eigenvalue weighted by atomic mass is 10.1. The molecule has 1 amide bonds.